The van der Waals surface area contributed by atoms with Crippen molar-refractivity contribution in [1.82, 2.24) is 9.97 Å². The first-order chi connectivity index (χ1) is 8.58. The van der Waals surface area contributed by atoms with Gasteiger partial charge in [0, 0.05) is 18.1 Å². The van der Waals surface area contributed by atoms with Gasteiger partial charge in [0.2, 0.25) is 0 Å². The van der Waals surface area contributed by atoms with Crippen LogP contribution in [0.25, 0.3) is 0 Å². The minimum atomic E-state index is -0.323. The number of nitrogens with one attached hydrogen (secondary N) is 1. The second kappa shape index (κ2) is 4.83. The molecule has 0 aliphatic rings. The molecule has 0 aliphatic heterocycles. The highest BCUT2D eigenvalue weighted by molar-refractivity contribution is 6.03. The number of aromatic hydroxyl groups is 1. The van der Waals surface area contributed by atoms with E-state index < -0.39 is 0 Å². The zero-order valence-corrected chi connectivity index (χ0v) is 10.1. The number of hydrogen-bond acceptors (Lipinski definition) is 4. The molecule has 5 heteroatoms. The van der Waals surface area contributed by atoms with Gasteiger partial charge >= 0.3 is 0 Å². The Morgan fingerprint density at radius 1 is 1.22 bits per heavy atom. The highest BCUT2D eigenvalue weighted by Crippen LogP contribution is 2.25. The largest absolute Gasteiger partial charge is 0.508 e. The minimum Gasteiger partial charge on any atom is -0.508 e. The molecular formula is C13H13N3O2. The lowest BCUT2D eigenvalue weighted by molar-refractivity contribution is 0.102. The molecule has 1 heterocycles. The number of carbonyl (C=O) groups excluding carboxylic acids is 1. The van der Waals surface area contributed by atoms with Crippen LogP contribution in [0.2, 0.25) is 0 Å². The van der Waals surface area contributed by atoms with E-state index in [9.17, 15) is 9.90 Å². The first-order valence-electron chi connectivity index (χ1n) is 5.45. The molecule has 0 radical (unpaired) electrons. The summed E-state index contributed by atoms with van der Waals surface area (Å²) in [6, 6.07) is 3.33. The summed E-state index contributed by atoms with van der Waals surface area (Å²) >= 11 is 0. The summed E-state index contributed by atoms with van der Waals surface area (Å²) in [4.78, 5) is 19.6. The van der Waals surface area contributed by atoms with Gasteiger partial charge in [-0.2, -0.15) is 0 Å². The molecular weight excluding hydrogens is 230 g/mol. The Kier molecular flexibility index (Phi) is 3.23. The van der Waals surface area contributed by atoms with Gasteiger partial charge in [0.1, 0.15) is 11.4 Å². The smallest absolute Gasteiger partial charge is 0.275 e. The highest BCUT2D eigenvalue weighted by Gasteiger charge is 2.10. The third-order valence-electron chi connectivity index (χ3n) is 2.59. The van der Waals surface area contributed by atoms with Gasteiger partial charge in [-0.3, -0.25) is 9.78 Å². The summed E-state index contributed by atoms with van der Waals surface area (Å²) in [7, 11) is 0. The van der Waals surface area contributed by atoms with E-state index >= 15 is 0 Å². The zero-order chi connectivity index (χ0) is 13.1. The van der Waals surface area contributed by atoms with Crippen LogP contribution >= 0.6 is 0 Å². The standard InChI is InChI=1S/C13H13N3O2/c1-8-6-12(17)9(2)5-10(8)16-13(18)11-7-14-3-4-15-11/h3-7,17H,1-2H3,(H,16,18). The first-order valence-corrected chi connectivity index (χ1v) is 5.45. The molecule has 0 aliphatic carbocycles. The van der Waals surface area contributed by atoms with Crippen molar-refractivity contribution in [3.63, 3.8) is 0 Å². The highest BCUT2D eigenvalue weighted by atomic mass is 16.3. The summed E-state index contributed by atoms with van der Waals surface area (Å²) in [5.41, 5.74) is 2.40. The number of anilines is 1. The molecule has 1 aromatic heterocycles. The van der Waals surface area contributed by atoms with Crippen LogP contribution in [0.5, 0.6) is 5.75 Å². The predicted molar refractivity (Wildman–Crippen MR) is 67.6 cm³/mol. The van der Waals surface area contributed by atoms with Crippen LogP contribution in [-0.4, -0.2) is 21.0 Å². The molecule has 1 aromatic carbocycles. The number of carbonyl (C=O) groups is 1. The number of phenolic OH excluding ortho intramolecular Hbond substituents is 1. The van der Waals surface area contributed by atoms with Crippen LogP contribution < -0.4 is 5.32 Å². The first kappa shape index (κ1) is 12.0. The van der Waals surface area contributed by atoms with Crippen molar-refractivity contribution in [2.24, 2.45) is 0 Å². The van der Waals surface area contributed by atoms with E-state index in [2.05, 4.69) is 15.3 Å². The fraction of sp³-hybridized carbons (Fsp3) is 0.154. The Balaban J connectivity index is 2.25. The quantitative estimate of drug-likeness (QED) is 0.791. The van der Waals surface area contributed by atoms with Gasteiger partial charge in [-0.1, -0.05) is 0 Å². The summed E-state index contributed by atoms with van der Waals surface area (Å²) in [6.45, 7) is 3.58. The van der Waals surface area contributed by atoms with Gasteiger partial charge in [-0.05, 0) is 37.1 Å². The summed E-state index contributed by atoms with van der Waals surface area (Å²) in [5.74, 6) is -0.110. The molecule has 18 heavy (non-hydrogen) atoms. The molecule has 0 saturated carbocycles. The van der Waals surface area contributed by atoms with Crippen molar-refractivity contribution in [3.05, 3.63) is 47.5 Å². The lowest BCUT2D eigenvalue weighted by Crippen LogP contribution is -2.14. The average molecular weight is 243 g/mol. The second-order valence-electron chi connectivity index (χ2n) is 4.00. The molecule has 0 bridgehead atoms. The molecule has 2 aromatic rings. The van der Waals surface area contributed by atoms with E-state index in [-0.39, 0.29) is 17.4 Å². The van der Waals surface area contributed by atoms with Gasteiger partial charge in [-0.15, -0.1) is 0 Å². The van der Waals surface area contributed by atoms with Gasteiger partial charge in [0.25, 0.3) is 5.91 Å². The maximum Gasteiger partial charge on any atom is 0.275 e. The lowest BCUT2D eigenvalue weighted by Gasteiger charge is -2.10. The SMILES string of the molecule is Cc1cc(NC(=O)c2cnccn2)c(C)cc1O. The molecule has 0 saturated heterocycles. The maximum atomic E-state index is 11.9. The van der Waals surface area contributed by atoms with Gasteiger partial charge in [0.15, 0.2) is 0 Å². The molecule has 0 unspecified atom stereocenters. The normalized spacial score (nSPS) is 10.1. The Bertz CT molecular complexity index is 582. The van der Waals surface area contributed by atoms with Crippen molar-refractivity contribution in [2.45, 2.75) is 13.8 Å². The van der Waals surface area contributed by atoms with E-state index in [0.717, 1.165) is 5.56 Å². The predicted octanol–water partition coefficient (Wildman–Crippen LogP) is 2.05. The summed E-state index contributed by atoms with van der Waals surface area (Å²) in [5, 5.41) is 12.3. The number of benzene rings is 1. The molecule has 5 nitrogen and oxygen atoms in total. The van der Waals surface area contributed by atoms with Crippen LogP contribution in [0.15, 0.2) is 30.7 Å². The fourth-order valence-corrected chi connectivity index (χ4v) is 1.54. The van der Waals surface area contributed by atoms with E-state index in [1.54, 1.807) is 19.1 Å². The molecule has 2 N–H and O–H groups in total. The van der Waals surface area contributed by atoms with Crippen molar-refractivity contribution < 1.29 is 9.90 Å². The number of aryl methyl sites for hydroxylation is 2. The molecule has 1 amide bonds. The molecule has 92 valence electrons. The van der Waals surface area contributed by atoms with Crippen LogP contribution in [-0.2, 0) is 0 Å². The summed E-state index contributed by atoms with van der Waals surface area (Å²) < 4.78 is 0. The van der Waals surface area contributed by atoms with Gasteiger partial charge in [-0.25, -0.2) is 4.98 Å². The number of aromatic nitrogens is 2. The number of amides is 1. The maximum absolute atomic E-state index is 11.9. The Morgan fingerprint density at radius 2 is 2.00 bits per heavy atom. The lowest BCUT2D eigenvalue weighted by atomic mass is 10.1. The van der Waals surface area contributed by atoms with Gasteiger partial charge < -0.3 is 10.4 Å². The number of rotatable bonds is 2. The third kappa shape index (κ3) is 2.45. The summed E-state index contributed by atoms with van der Waals surface area (Å²) in [6.07, 6.45) is 4.37. The average Bonchev–Trinajstić information content (AvgIpc) is 2.37. The van der Waals surface area contributed by atoms with E-state index in [4.69, 9.17) is 0 Å². The number of nitrogens with zero attached hydrogens (tertiary/aromatic N) is 2. The number of hydrogen-bond donors (Lipinski definition) is 2. The third-order valence-corrected chi connectivity index (χ3v) is 2.59. The van der Waals surface area contributed by atoms with Crippen molar-refractivity contribution in [2.75, 3.05) is 5.32 Å². The minimum absolute atomic E-state index is 0.213. The Hall–Kier alpha value is -2.43. The molecule has 0 fully saturated rings. The fourth-order valence-electron chi connectivity index (χ4n) is 1.54. The topological polar surface area (TPSA) is 75.1 Å². The molecule has 0 spiro atoms. The number of phenols is 1. The van der Waals surface area contributed by atoms with Crippen LogP contribution in [0.3, 0.4) is 0 Å². The molecule has 2 rings (SSSR count). The van der Waals surface area contributed by atoms with Crippen molar-refractivity contribution in [1.29, 1.82) is 0 Å². The molecule has 0 atom stereocenters. The van der Waals surface area contributed by atoms with E-state index in [1.165, 1.54) is 18.6 Å². The Labute approximate surface area is 105 Å². The van der Waals surface area contributed by atoms with Crippen LogP contribution in [0.4, 0.5) is 5.69 Å². The van der Waals surface area contributed by atoms with Crippen molar-refractivity contribution >= 4 is 11.6 Å². The van der Waals surface area contributed by atoms with Crippen LogP contribution in [0.1, 0.15) is 21.6 Å². The zero-order valence-electron chi connectivity index (χ0n) is 10.1. The van der Waals surface area contributed by atoms with E-state index in [1.807, 2.05) is 6.92 Å². The second-order valence-corrected chi connectivity index (χ2v) is 4.00. The van der Waals surface area contributed by atoms with Crippen LogP contribution in [0, 0.1) is 13.8 Å². The van der Waals surface area contributed by atoms with Crippen molar-refractivity contribution in [3.8, 4) is 5.75 Å². The Morgan fingerprint density at radius 3 is 2.67 bits per heavy atom. The van der Waals surface area contributed by atoms with E-state index in [0.29, 0.717) is 11.3 Å². The van der Waals surface area contributed by atoms with Gasteiger partial charge in [0.05, 0.1) is 6.20 Å². The monoisotopic (exact) mass is 243 g/mol.